The zero-order valence-electron chi connectivity index (χ0n) is 17.1. The summed E-state index contributed by atoms with van der Waals surface area (Å²) in [6.07, 6.45) is 1.73. The minimum Gasteiger partial charge on any atom is -0.454 e. The number of likely N-dealkylation sites (tertiary alicyclic amines) is 1. The summed E-state index contributed by atoms with van der Waals surface area (Å²) in [5.41, 5.74) is 4.34. The Hall–Kier alpha value is -3.06. The average molecular weight is 406 g/mol. The van der Waals surface area contributed by atoms with Crippen LogP contribution in [0.3, 0.4) is 0 Å². The summed E-state index contributed by atoms with van der Waals surface area (Å²) in [6, 6.07) is 12.1. The lowest BCUT2D eigenvalue weighted by atomic mass is 9.96. The van der Waals surface area contributed by atoms with Gasteiger partial charge in [-0.25, -0.2) is 4.98 Å². The molecule has 1 amide bonds. The van der Waals surface area contributed by atoms with Gasteiger partial charge < -0.3 is 19.8 Å². The second-order valence-electron chi connectivity index (χ2n) is 8.16. The van der Waals surface area contributed by atoms with Crippen molar-refractivity contribution in [2.75, 3.05) is 19.9 Å². The van der Waals surface area contributed by atoms with Crippen LogP contribution in [-0.2, 0) is 17.9 Å². The SMILES string of the molecule is Cc1ccc2nc(CN3CCC(C(=O)NCc4ccc5c(c4)OCO5)CC3)[nH]c2c1. The van der Waals surface area contributed by atoms with Gasteiger partial charge >= 0.3 is 0 Å². The van der Waals surface area contributed by atoms with Crippen molar-refractivity contribution >= 4 is 16.9 Å². The maximum Gasteiger partial charge on any atom is 0.231 e. The highest BCUT2D eigenvalue weighted by Crippen LogP contribution is 2.32. The minimum atomic E-state index is 0.0635. The molecular formula is C23H26N4O3. The Labute approximate surface area is 175 Å². The number of aromatic nitrogens is 2. The molecule has 0 aliphatic carbocycles. The number of hydrogen-bond acceptors (Lipinski definition) is 5. The van der Waals surface area contributed by atoms with Crippen molar-refractivity contribution in [1.82, 2.24) is 20.2 Å². The Kier molecular flexibility index (Phi) is 5.04. The lowest BCUT2D eigenvalue weighted by Gasteiger charge is -2.30. The quantitative estimate of drug-likeness (QED) is 0.681. The predicted octanol–water partition coefficient (Wildman–Crippen LogP) is 3.13. The molecule has 7 heteroatoms. The number of nitrogens with zero attached hydrogens (tertiary/aromatic N) is 2. The number of carbonyl (C=O) groups excluding carboxylic acids is 1. The molecule has 2 aliphatic rings. The van der Waals surface area contributed by atoms with E-state index in [1.165, 1.54) is 5.56 Å². The van der Waals surface area contributed by atoms with Crippen LogP contribution in [0.15, 0.2) is 36.4 Å². The first-order valence-corrected chi connectivity index (χ1v) is 10.5. The molecule has 5 rings (SSSR count). The molecule has 0 saturated carbocycles. The standard InChI is InChI=1S/C23H26N4O3/c1-15-2-4-18-19(10-15)26-22(25-18)13-27-8-6-17(7-9-27)23(28)24-12-16-3-5-20-21(11-16)30-14-29-20/h2-5,10-11,17H,6-9,12-14H2,1H3,(H,24,28)(H,25,26). The van der Waals surface area contributed by atoms with E-state index < -0.39 is 0 Å². The highest BCUT2D eigenvalue weighted by atomic mass is 16.7. The van der Waals surface area contributed by atoms with Crippen molar-refractivity contribution in [1.29, 1.82) is 0 Å². The molecule has 3 aromatic rings. The molecule has 3 heterocycles. The molecule has 1 aromatic heterocycles. The number of imidazole rings is 1. The molecule has 7 nitrogen and oxygen atoms in total. The van der Waals surface area contributed by atoms with Crippen molar-refractivity contribution in [2.24, 2.45) is 5.92 Å². The fourth-order valence-electron chi connectivity index (χ4n) is 4.20. The Morgan fingerprint density at radius 1 is 1.17 bits per heavy atom. The van der Waals surface area contributed by atoms with E-state index in [1.807, 2.05) is 18.2 Å². The number of benzene rings is 2. The van der Waals surface area contributed by atoms with Gasteiger partial charge in [0, 0.05) is 12.5 Å². The summed E-state index contributed by atoms with van der Waals surface area (Å²) >= 11 is 0. The van der Waals surface area contributed by atoms with Gasteiger partial charge in [-0.05, 0) is 68.2 Å². The third-order valence-electron chi connectivity index (χ3n) is 5.92. The molecule has 2 N–H and O–H groups in total. The van der Waals surface area contributed by atoms with Gasteiger partial charge in [0.1, 0.15) is 5.82 Å². The predicted molar refractivity (Wildman–Crippen MR) is 113 cm³/mol. The third kappa shape index (κ3) is 3.98. The van der Waals surface area contributed by atoms with Gasteiger partial charge in [-0.3, -0.25) is 9.69 Å². The van der Waals surface area contributed by atoms with Gasteiger partial charge in [-0.1, -0.05) is 12.1 Å². The van der Waals surface area contributed by atoms with E-state index in [4.69, 9.17) is 14.5 Å². The van der Waals surface area contributed by atoms with Crippen molar-refractivity contribution in [3.63, 3.8) is 0 Å². The van der Waals surface area contributed by atoms with E-state index in [0.717, 1.165) is 66.4 Å². The van der Waals surface area contributed by atoms with Crippen molar-refractivity contribution < 1.29 is 14.3 Å². The largest absolute Gasteiger partial charge is 0.454 e. The molecular weight excluding hydrogens is 380 g/mol. The number of amides is 1. The van der Waals surface area contributed by atoms with Gasteiger partial charge in [0.2, 0.25) is 12.7 Å². The lowest BCUT2D eigenvalue weighted by molar-refractivity contribution is -0.126. The van der Waals surface area contributed by atoms with Crippen LogP contribution in [0.2, 0.25) is 0 Å². The van der Waals surface area contributed by atoms with Gasteiger partial charge in [-0.15, -0.1) is 0 Å². The summed E-state index contributed by atoms with van der Waals surface area (Å²) in [7, 11) is 0. The van der Waals surface area contributed by atoms with Crippen LogP contribution in [0.1, 0.15) is 29.8 Å². The van der Waals surface area contributed by atoms with E-state index in [9.17, 15) is 4.79 Å². The molecule has 2 aliphatic heterocycles. The zero-order valence-corrected chi connectivity index (χ0v) is 17.1. The van der Waals surface area contributed by atoms with E-state index in [-0.39, 0.29) is 18.6 Å². The van der Waals surface area contributed by atoms with Crippen LogP contribution in [0.25, 0.3) is 11.0 Å². The molecule has 0 spiro atoms. The van der Waals surface area contributed by atoms with Crippen LogP contribution in [0.4, 0.5) is 0 Å². The topological polar surface area (TPSA) is 79.5 Å². The molecule has 1 fully saturated rings. The van der Waals surface area contributed by atoms with Gasteiger partial charge in [0.05, 0.1) is 17.6 Å². The number of carbonyl (C=O) groups is 1. The number of rotatable bonds is 5. The molecule has 0 bridgehead atoms. The maximum absolute atomic E-state index is 12.6. The lowest BCUT2D eigenvalue weighted by Crippen LogP contribution is -2.40. The Morgan fingerprint density at radius 2 is 2.00 bits per heavy atom. The smallest absolute Gasteiger partial charge is 0.231 e. The summed E-state index contributed by atoms with van der Waals surface area (Å²) < 4.78 is 10.7. The van der Waals surface area contributed by atoms with Crippen LogP contribution in [-0.4, -0.2) is 40.7 Å². The van der Waals surface area contributed by atoms with Crippen molar-refractivity contribution in [3.05, 3.63) is 53.3 Å². The van der Waals surface area contributed by atoms with Crippen molar-refractivity contribution in [2.45, 2.75) is 32.9 Å². The molecule has 0 atom stereocenters. The van der Waals surface area contributed by atoms with E-state index in [1.54, 1.807) is 0 Å². The first kappa shape index (κ1) is 18.9. The fraction of sp³-hybridized carbons (Fsp3) is 0.391. The fourth-order valence-corrected chi connectivity index (χ4v) is 4.20. The van der Waals surface area contributed by atoms with Crippen LogP contribution < -0.4 is 14.8 Å². The first-order valence-electron chi connectivity index (χ1n) is 10.5. The number of ether oxygens (including phenoxy) is 2. The molecule has 30 heavy (non-hydrogen) atoms. The number of nitrogens with one attached hydrogen (secondary N) is 2. The van der Waals surface area contributed by atoms with Crippen LogP contribution >= 0.6 is 0 Å². The van der Waals surface area contributed by atoms with E-state index in [2.05, 4.69) is 40.3 Å². The molecule has 0 unspecified atom stereocenters. The monoisotopic (exact) mass is 406 g/mol. The zero-order chi connectivity index (χ0) is 20.5. The van der Waals surface area contributed by atoms with Gasteiger partial charge in [0.15, 0.2) is 11.5 Å². The van der Waals surface area contributed by atoms with Gasteiger partial charge in [0.25, 0.3) is 0 Å². The summed E-state index contributed by atoms with van der Waals surface area (Å²) in [5.74, 6) is 2.69. The number of fused-ring (bicyclic) bond motifs is 2. The van der Waals surface area contributed by atoms with Gasteiger partial charge in [-0.2, -0.15) is 0 Å². The number of aromatic amines is 1. The maximum atomic E-state index is 12.6. The molecule has 1 saturated heterocycles. The van der Waals surface area contributed by atoms with E-state index >= 15 is 0 Å². The minimum absolute atomic E-state index is 0.0635. The normalized spacial score (nSPS) is 16.8. The molecule has 156 valence electrons. The summed E-state index contributed by atoms with van der Waals surface area (Å²) in [4.78, 5) is 23.1. The number of hydrogen-bond donors (Lipinski definition) is 2. The summed E-state index contributed by atoms with van der Waals surface area (Å²) in [6.45, 7) is 5.45. The second-order valence-corrected chi connectivity index (χ2v) is 8.16. The Balaban J connectivity index is 1.11. The first-order chi connectivity index (χ1) is 14.6. The van der Waals surface area contributed by atoms with Crippen molar-refractivity contribution in [3.8, 4) is 11.5 Å². The van der Waals surface area contributed by atoms with E-state index in [0.29, 0.717) is 6.54 Å². The summed E-state index contributed by atoms with van der Waals surface area (Å²) in [5, 5.41) is 3.08. The average Bonchev–Trinajstić information content (AvgIpc) is 3.38. The molecule has 0 radical (unpaired) electrons. The Bertz CT molecular complexity index is 1070. The Morgan fingerprint density at radius 3 is 2.87 bits per heavy atom. The number of aryl methyl sites for hydroxylation is 1. The second kappa shape index (κ2) is 7.99. The highest BCUT2D eigenvalue weighted by Gasteiger charge is 2.25. The van der Waals surface area contributed by atoms with Crippen LogP contribution in [0, 0.1) is 12.8 Å². The van der Waals surface area contributed by atoms with Crippen LogP contribution in [0.5, 0.6) is 11.5 Å². The number of piperidine rings is 1. The number of H-pyrrole nitrogens is 1. The third-order valence-corrected chi connectivity index (χ3v) is 5.92. The highest BCUT2D eigenvalue weighted by molar-refractivity contribution is 5.78. The molecule has 2 aromatic carbocycles.